The predicted octanol–water partition coefficient (Wildman–Crippen LogP) is 5.46. The Morgan fingerprint density at radius 2 is 1.71 bits per heavy atom. The maximum Gasteiger partial charge on any atom is 0.117 e. The molecule has 1 aromatic rings. The molecule has 134 valence electrons. The quantitative estimate of drug-likeness (QED) is 0.525. The molecule has 0 fully saturated rings. The van der Waals surface area contributed by atoms with Gasteiger partial charge in [-0.1, -0.05) is 61.7 Å². The van der Waals surface area contributed by atoms with E-state index in [1.54, 1.807) is 0 Å². The molecule has 0 unspecified atom stereocenters. The molecule has 0 aromatic heterocycles. The number of benzene rings is 1. The first kappa shape index (κ1) is 20.9. The predicted molar refractivity (Wildman–Crippen MR) is 107 cm³/mol. The zero-order valence-corrected chi connectivity index (χ0v) is 17.4. The van der Waals surface area contributed by atoms with Gasteiger partial charge in [0.1, 0.15) is 11.7 Å². The molecule has 0 aliphatic rings. The molecule has 0 spiro atoms. The number of rotatable bonds is 7. The highest BCUT2D eigenvalue weighted by Crippen LogP contribution is 2.35. The second-order valence-electron chi connectivity index (χ2n) is 8.70. The standard InChI is InChI=1S/C21H34O2Si/c1-9-13-17(16-24(6,7)8)19(23-20(2,3)4)21(5,22)18-14-11-10-12-15-18/h9-12,14-16,19,22H,1,13H2,2-8H3/b17-16+/t19-,21-/m1/s1. The van der Waals surface area contributed by atoms with Crippen LogP contribution < -0.4 is 0 Å². The van der Waals surface area contributed by atoms with E-state index >= 15 is 0 Å². The molecular weight excluding hydrogens is 312 g/mol. The molecule has 1 aromatic carbocycles. The van der Waals surface area contributed by atoms with Crippen molar-refractivity contribution in [3.8, 4) is 0 Å². The van der Waals surface area contributed by atoms with Crippen molar-refractivity contribution >= 4 is 8.07 Å². The van der Waals surface area contributed by atoms with Crippen LogP contribution in [0, 0.1) is 0 Å². The molecule has 2 nitrogen and oxygen atoms in total. The summed E-state index contributed by atoms with van der Waals surface area (Å²) in [5.41, 5.74) is 2.85. The summed E-state index contributed by atoms with van der Waals surface area (Å²) in [4.78, 5) is 0. The first-order chi connectivity index (χ1) is 10.9. The SMILES string of the molecule is C=CC/C(=C\[Si](C)(C)C)[C@@H](OC(C)(C)C)[C@](C)(O)c1ccccc1. The van der Waals surface area contributed by atoms with E-state index in [0.717, 1.165) is 11.1 Å². The lowest BCUT2D eigenvalue weighted by Gasteiger charge is -2.39. The van der Waals surface area contributed by atoms with E-state index in [0.29, 0.717) is 6.42 Å². The highest BCUT2D eigenvalue weighted by molar-refractivity contribution is 6.81. The largest absolute Gasteiger partial charge is 0.382 e. The topological polar surface area (TPSA) is 29.5 Å². The van der Waals surface area contributed by atoms with Gasteiger partial charge in [-0.2, -0.15) is 0 Å². The van der Waals surface area contributed by atoms with Crippen LogP contribution in [0.25, 0.3) is 0 Å². The third-order valence-electron chi connectivity index (χ3n) is 3.68. The maximum absolute atomic E-state index is 11.4. The maximum atomic E-state index is 11.4. The van der Waals surface area contributed by atoms with Crippen molar-refractivity contribution < 1.29 is 9.84 Å². The summed E-state index contributed by atoms with van der Waals surface area (Å²) in [5, 5.41) is 11.4. The van der Waals surface area contributed by atoms with Crippen LogP contribution in [-0.2, 0) is 10.3 Å². The molecule has 3 heteroatoms. The van der Waals surface area contributed by atoms with Crippen molar-refractivity contribution in [3.63, 3.8) is 0 Å². The lowest BCUT2D eigenvalue weighted by molar-refractivity contribution is -0.139. The van der Waals surface area contributed by atoms with Gasteiger partial charge in [-0.3, -0.25) is 0 Å². The fourth-order valence-corrected chi connectivity index (χ4v) is 4.18. The van der Waals surface area contributed by atoms with Crippen LogP contribution in [0.3, 0.4) is 0 Å². The summed E-state index contributed by atoms with van der Waals surface area (Å²) in [6.45, 7) is 18.7. The van der Waals surface area contributed by atoms with Gasteiger partial charge in [-0.05, 0) is 45.3 Å². The molecule has 0 aliphatic heterocycles. The van der Waals surface area contributed by atoms with Crippen molar-refractivity contribution in [2.24, 2.45) is 0 Å². The van der Waals surface area contributed by atoms with Crippen LogP contribution in [0.5, 0.6) is 0 Å². The average Bonchev–Trinajstić information content (AvgIpc) is 2.43. The van der Waals surface area contributed by atoms with Crippen LogP contribution in [-0.4, -0.2) is 24.9 Å². The third kappa shape index (κ3) is 6.38. The monoisotopic (exact) mass is 346 g/mol. The molecule has 1 rings (SSSR count). The Kier molecular flexibility index (Phi) is 6.80. The molecule has 0 radical (unpaired) electrons. The van der Waals surface area contributed by atoms with Gasteiger partial charge in [0.05, 0.1) is 13.7 Å². The Hall–Kier alpha value is -1.16. The van der Waals surface area contributed by atoms with Crippen molar-refractivity contribution in [1.82, 2.24) is 0 Å². The van der Waals surface area contributed by atoms with E-state index in [2.05, 4.69) is 31.9 Å². The number of ether oxygens (including phenoxy) is 1. The van der Waals surface area contributed by atoms with Gasteiger partial charge < -0.3 is 9.84 Å². The van der Waals surface area contributed by atoms with Crippen LogP contribution in [0.2, 0.25) is 19.6 Å². The number of hydrogen-bond acceptors (Lipinski definition) is 2. The van der Waals surface area contributed by atoms with Crippen molar-refractivity contribution in [3.05, 3.63) is 59.8 Å². The minimum absolute atomic E-state index is 0.358. The Bertz CT molecular complexity index is 560. The van der Waals surface area contributed by atoms with Crippen molar-refractivity contribution in [1.29, 1.82) is 0 Å². The van der Waals surface area contributed by atoms with E-state index in [-0.39, 0.29) is 5.60 Å². The molecule has 0 saturated carbocycles. The Morgan fingerprint density at radius 3 is 2.12 bits per heavy atom. The van der Waals surface area contributed by atoms with Gasteiger partial charge in [0.25, 0.3) is 0 Å². The molecule has 1 N–H and O–H groups in total. The lowest BCUT2D eigenvalue weighted by atomic mass is 9.85. The summed E-state index contributed by atoms with van der Waals surface area (Å²) < 4.78 is 6.37. The fourth-order valence-electron chi connectivity index (χ4n) is 2.80. The smallest absolute Gasteiger partial charge is 0.117 e. The Balaban J connectivity index is 3.43. The lowest BCUT2D eigenvalue weighted by Crippen LogP contribution is -2.44. The second-order valence-corrected chi connectivity index (χ2v) is 13.7. The highest BCUT2D eigenvalue weighted by Gasteiger charge is 2.39. The van der Waals surface area contributed by atoms with Gasteiger partial charge in [0.2, 0.25) is 0 Å². The van der Waals surface area contributed by atoms with Gasteiger partial charge in [0, 0.05) is 0 Å². The van der Waals surface area contributed by atoms with E-state index < -0.39 is 19.8 Å². The minimum atomic E-state index is -1.48. The molecule has 2 atom stereocenters. The van der Waals surface area contributed by atoms with Gasteiger partial charge in [-0.15, -0.1) is 6.58 Å². The van der Waals surface area contributed by atoms with Crippen molar-refractivity contribution in [2.75, 3.05) is 0 Å². The van der Waals surface area contributed by atoms with Gasteiger partial charge >= 0.3 is 0 Å². The third-order valence-corrected chi connectivity index (χ3v) is 4.91. The zero-order valence-electron chi connectivity index (χ0n) is 16.4. The Labute approximate surface area is 149 Å². The molecule has 0 saturated heterocycles. The van der Waals surface area contributed by atoms with Gasteiger partial charge in [0.15, 0.2) is 0 Å². The molecular formula is C21H34O2Si. The highest BCUT2D eigenvalue weighted by atomic mass is 28.3. The Morgan fingerprint density at radius 1 is 1.17 bits per heavy atom. The number of aliphatic hydroxyl groups is 1. The number of allylic oxidation sites excluding steroid dienone is 1. The van der Waals surface area contributed by atoms with Crippen LogP contribution in [0.15, 0.2) is 54.3 Å². The van der Waals surface area contributed by atoms with E-state index in [1.807, 2.05) is 64.1 Å². The van der Waals surface area contributed by atoms with Crippen LogP contribution in [0.4, 0.5) is 0 Å². The summed E-state index contributed by atoms with van der Waals surface area (Å²) >= 11 is 0. The summed E-state index contributed by atoms with van der Waals surface area (Å²) in [6.07, 6.45) is 2.20. The molecule has 0 aliphatic carbocycles. The van der Waals surface area contributed by atoms with Crippen molar-refractivity contribution in [2.45, 2.75) is 71.1 Å². The van der Waals surface area contributed by atoms with E-state index in [9.17, 15) is 5.11 Å². The molecule has 24 heavy (non-hydrogen) atoms. The second kappa shape index (κ2) is 7.81. The average molecular weight is 347 g/mol. The molecule has 0 bridgehead atoms. The summed E-state index contributed by atoms with van der Waals surface area (Å²) in [5.74, 6) is 0. The fraction of sp³-hybridized carbons (Fsp3) is 0.524. The first-order valence-corrected chi connectivity index (χ1v) is 12.2. The zero-order chi connectivity index (χ0) is 18.6. The van der Waals surface area contributed by atoms with E-state index in [1.165, 1.54) is 0 Å². The first-order valence-electron chi connectivity index (χ1n) is 8.65. The van der Waals surface area contributed by atoms with Gasteiger partial charge in [-0.25, -0.2) is 0 Å². The molecule has 0 amide bonds. The van der Waals surface area contributed by atoms with Crippen LogP contribution >= 0.6 is 0 Å². The minimum Gasteiger partial charge on any atom is -0.382 e. The van der Waals surface area contributed by atoms with E-state index in [4.69, 9.17) is 4.74 Å². The normalized spacial score (nSPS) is 17.2. The number of hydrogen-bond donors (Lipinski definition) is 1. The molecule has 0 heterocycles. The summed E-state index contributed by atoms with van der Waals surface area (Å²) in [7, 11) is -1.48. The summed E-state index contributed by atoms with van der Waals surface area (Å²) in [6, 6.07) is 9.78. The van der Waals surface area contributed by atoms with Crippen LogP contribution in [0.1, 0.15) is 39.7 Å².